The minimum atomic E-state index is 0.0542. The van der Waals surface area contributed by atoms with Crippen molar-refractivity contribution >= 4 is 34.8 Å². The summed E-state index contributed by atoms with van der Waals surface area (Å²) in [6.45, 7) is 1.70. The van der Waals surface area contributed by atoms with Gasteiger partial charge < -0.3 is 5.11 Å². The molecule has 0 bridgehead atoms. The third-order valence-electron chi connectivity index (χ3n) is 2.42. The Hall–Kier alpha value is -0.960. The van der Waals surface area contributed by atoms with Gasteiger partial charge in [0, 0.05) is 17.3 Å². The predicted octanol–water partition coefficient (Wildman–Crippen LogP) is 4.72. The monoisotopic (exact) mass is 287 g/mol. The topological polar surface area (TPSA) is 33.1 Å². The van der Waals surface area contributed by atoms with Gasteiger partial charge in [0.25, 0.3) is 0 Å². The second kappa shape index (κ2) is 4.73. The maximum atomic E-state index is 9.97. The van der Waals surface area contributed by atoms with Crippen molar-refractivity contribution in [1.29, 1.82) is 0 Å². The van der Waals surface area contributed by atoms with Crippen LogP contribution >= 0.6 is 34.8 Å². The lowest BCUT2D eigenvalue weighted by molar-refractivity contribution is 0.470. The van der Waals surface area contributed by atoms with E-state index in [0.29, 0.717) is 31.9 Å². The van der Waals surface area contributed by atoms with Gasteiger partial charge in [-0.3, -0.25) is 4.98 Å². The molecule has 0 spiro atoms. The molecule has 2 nitrogen and oxygen atoms in total. The Morgan fingerprint density at radius 2 is 1.71 bits per heavy atom. The number of rotatable bonds is 1. The van der Waals surface area contributed by atoms with Crippen LogP contribution in [0.1, 0.15) is 5.69 Å². The molecule has 0 amide bonds. The van der Waals surface area contributed by atoms with Crippen LogP contribution in [-0.4, -0.2) is 10.1 Å². The predicted molar refractivity (Wildman–Crippen MR) is 71.1 cm³/mol. The van der Waals surface area contributed by atoms with Crippen LogP contribution in [0.4, 0.5) is 0 Å². The molecule has 0 fully saturated rings. The molecule has 2 aromatic rings. The van der Waals surface area contributed by atoms with Gasteiger partial charge in [-0.25, -0.2) is 0 Å². The van der Waals surface area contributed by atoms with E-state index in [9.17, 15) is 5.11 Å². The summed E-state index contributed by atoms with van der Waals surface area (Å²) in [6, 6.07) is 4.90. The summed E-state index contributed by atoms with van der Waals surface area (Å²) in [7, 11) is 0. The van der Waals surface area contributed by atoms with Crippen LogP contribution in [-0.2, 0) is 0 Å². The fourth-order valence-corrected chi connectivity index (χ4v) is 2.27. The zero-order chi connectivity index (χ0) is 12.6. The number of aromatic nitrogens is 1. The highest BCUT2D eigenvalue weighted by atomic mass is 35.5. The highest BCUT2D eigenvalue weighted by molar-refractivity contribution is 6.46. The number of hydrogen-bond acceptors (Lipinski definition) is 2. The van der Waals surface area contributed by atoms with Crippen LogP contribution in [0.3, 0.4) is 0 Å². The van der Waals surface area contributed by atoms with Gasteiger partial charge in [0.1, 0.15) is 5.75 Å². The standard InChI is InChI=1S/C12H8Cl3NO/c1-6-12(17)7(4-5-16-6)10-8(13)2-3-9(14)11(10)15/h2-5,17H,1H3. The van der Waals surface area contributed by atoms with E-state index in [1.54, 1.807) is 31.3 Å². The Balaban J connectivity index is 2.77. The van der Waals surface area contributed by atoms with Gasteiger partial charge in [0.2, 0.25) is 0 Å². The number of nitrogens with zero attached hydrogens (tertiary/aromatic N) is 1. The van der Waals surface area contributed by atoms with Gasteiger partial charge in [-0.1, -0.05) is 34.8 Å². The molecule has 1 heterocycles. The molecule has 1 N–H and O–H groups in total. The molecular weight excluding hydrogens is 280 g/mol. The SMILES string of the molecule is Cc1nccc(-c2c(Cl)ccc(Cl)c2Cl)c1O. The van der Waals surface area contributed by atoms with Gasteiger partial charge in [0.15, 0.2) is 0 Å². The van der Waals surface area contributed by atoms with E-state index < -0.39 is 0 Å². The zero-order valence-electron chi connectivity index (χ0n) is 8.84. The minimum absolute atomic E-state index is 0.0542. The Morgan fingerprint density at radius 3 is 2.41 bits per heavy atom. The average molecular weight is 289 g/mol. The van der Waals surface area contributed by atoms with Crippen molar-refractivity contribution in [2.75, 3.05) is 0 Å². The Morgan fingerprint density at radius 1 is 1.06 bits per heavy atom. The number of pyridine rings is 1. The molecule has 1 aromatic heterocycles. The van der Waals surface area contributed by atoms with Crippen LogP contribution in [0.15, 0.2) is 24.4 Å². The third kappa shape index (κ3) is 2.21. The number of hydrogen-bond donors (Lipinski definition) is 1. The summed E-state index contributed by atoms with van der Waals surface area (Å²) in [6.07, 6.45) is 1.58. The molecule has 0 aliphatic heterocycles. The third-order valence-corrected chi connectivity index (χ3v) is 3.54. The average Bonchev–Trinajstić information content (AvgIpc) is 2.30. The van der Waals surface area contributed by atoms with Gasteiger partial charge in [-0.2, -0.15) is 0 Å². The summed E-state index contributed by atoms with van der Waals surface area (Å²) >= 11 is 18.1. The van der Waals surface area contributed by atoms with E-state index >= 15 is 0 Å². The normalized spacial score (nSPS) is 10.6. The minimum Gasteiger partial charge on any atom is -0.505 e. The van der Waals surface area contributed by atoms with E-state index in [1.807, 2.05) is 0 Å². The van der Waals surface area contributed by atoms with Gasteiger partial charge in [0.05, 0.1) is 20.8 Å². The largest absolute Gasteiger partial charge is 0.505 e. The number of aryl methyl sites for hydroxylation is 1. The molecule has 17 heavy (non-hydrogen) atoms. The number of benzene rings is 1. The van der Waals surface area contributed by atoms with Crippen molar-refractivity contribution in [2.24, 2.45) is 0 Å². The van der Waals surface area contributed by atoms with E-state index in [0.717, 1.165) is 0 Å². The Labute approximate surface area is 114 Å². The first-order valence-electron chi connectivity index (χ1n) is 4.81. The Bertz CT molecular complexity index is 584. The summed E-state index contributed by atoms with van der Waals surface area (Å²) in [5.74, 6) is 0.0542. The molecule has 0 aliphatic carbocycles. The van der Waals surface area contributed by atoms with E-state index in [4.69, 9.17) is 34.8 Å². The zero-order valence-corrected chi connectivity index (χ0v) is 11.1. The van der Waals surface area contributed by atoms with E-state index in [-0.39, 0.29) is 5.75 Å². The molecule has 1 aromatic carbocycles. The quantitative estimate of drug-likeness (QED) is 0.770. The molecule has 0 unspecified atom stereocenters. The summed E-state index contributed by atoms with van der Waals surface area (Å²) in [4.78, 5) is 3.98. The first-order valence-corrected chi connectivity index (χ1v) is 5.94. The summed E-state index contributed by atoms with van der Waals surface area (Å²) in [5.41, 5.74) is 1.55. The number of aromatic hydroxyl groups is 1. The van der Waals surface area contributed by atoms with E-state index in [2.05, 4.69) is 4.98 Å². The second-order valence-corrected chi connectivity index (χ2v) is 4.70. The fourth-order valence-electron chi connectivity index (χ4n) is 1.53. The molecule has 88 valence electrons. The molecular formula is C12H8Cl3NO. The van der Waals surface area contributed by atoms with Crippen molar-refractivity contribution in [3.8, 4) is 16.9 Å². The van der Waals surface area contributed by atoms with Crippen molar-refractivity contribution in [1.82, 2.24) is 4.98 Å². The molecule has 2 rings (SSSR count). The maximum Gasteiger partial charge on any atom is 0.144 e. The van der Waals surface area contributed by atoms with Crippen molar-refractivity contribution in [3.05, 3.63) is 45.2 Å². The van der Waals surface area contributed by atoms with Crippen LogP contribution in [0.25, 0.3) is 11.1 Å². The fraction of sp³-hybridized carbons (Fsp3) is 0.0833. The second-order valence-electron chi connectivity index (χ2n) is 3.51. The van der Waals surface area contributed by atoms with Gasteiger partial charge in [-0.05, 0) is 25.1 Å². The van der Waals surface area contributed by atoms with Crippen LogP contribution in [0, 0.1) is 6.92 Å². The molecule has 0 radical (unpaired) electrons. The van der Waals surface area contributed by atoms with Gasteiger partial charge >= 0.3 is 0 Å². The smallest absolute Gasteiger partial charge is 0.144 e. The lowest BCUT2D eigenvalue weighted by Crippen LogP contribution is -1.88. The van der Waals surface area contributed by atoms with Crippen LogP contribution in [0.5, 0.6) is 5.75 Å². The highest BCUT2D eigenvalue weighted by Gasteiger charge is 2.16. The van der Waals surface area contributed by atoms with Crippen LogP contribution < -0.4 is 0 Å². The first kappa shape index (κ1) is 12.5. The maximum absolute atomic E-state index is 9.97. The van der Waals surface area contributed by atoms with Crippen molar-refractivity contribution < 1.29 is 5.11 Å². The summed E-state index contributed by atoms with van der Waals surface area (Å²) < 4.78 is 0. The molecule has 0 aliphatic rings. The lowest BCUT2D eigenvalue weighted by Gasteiger charge is -2.11. The molecule has 5 heteroatoms. The highest BCUT2D eigenvalue weighted by Crippen LogP contribution is 2.42. The van der Waals surface area contributed by atoms with Crippen molar-refractivity contribution in [3.63, 3.8) is 0 Å². The lowest BCUT2D eigenvalue weighted by atomic mass is 10.0. The molecule has 0 saturated heterocycles. The molecule has 0 atom stereocenters. The van der Waals surface area contributed by atoms with Gasteiger partial charge in [-0.15, -0.1) is 0 Å². The molecule has 0 saturated carbocycles. The first-order chi connectivity index (χ1) is 8.02. The summed E-state index contributed by atoms with van der Waals surface area (Å²) in [5, 5.41) is 11.1. The van der Waals surface area contributed by atoms with E-state index in [1.165, 1.54) is 0 Å². The van der Waals surface area contributed by atoms with Crippen LogP contribution in [0.2, 0.25) is 15.1 Å². The van der Waals surface area contributed by atoms with Crippen molar-refractivity contribution in [2.45, 2.75) is 6.92 Å². The Kier molecular flexibility index (Phi) is 3.48. The number of halogens is 3.